The fourth-order valence-electron chi connectivity index (χ4n) is 1.73. The normalized spacial score (nSPS) is 10.7. The van der Waals surface area contributed by atoms with Crippen LogP contribution in [0.15, 0.2) is 47.8 Å². The fourth-order valence-corrected chi connectivity index (χ4v) is 1.73. The number of hydrogen-bond acceptors (Lipinski definition) is 4. The van der Waals surface area contributed by atoms with Crippen LogP contribution in [0, 0.1) is 0 Å². The molecule has 0 spiro atoms. The van der Waals surface area contributed by atoms with E-state index in [0.29, 0.717) is 17.7 Å². The third-order valence-electron chi connectivity index (χ3n) is 2.64. The van der Waals surface area contributed by atoms with Crippen molar-refractivity contribution in [3.8, 4) is 0 Å². The van der Waals surface area contributed by atoms with Crippen LogP contribution in [0.25, 0.3) is 11.2 Å². The number of rotatable bonds is 3. The summed E-state index contributed by atoms with van der Waals surface area (Å²) in [6.07, 6.45) is 2.92. The van der Waals surface area contributed by atoms with Gasteiger partial charge in [0.2, 0.25) is 0 Å². The first-order valence-electron chi connectivity index (χ1n) is 5.53. The van der Waals surface area contributed by atoms with Crippen LogP contribution in [0.2, 0.25) is 0 Å². The molecule has 0 aliphatic heterocycles. The maximum atomic E-state index is 11.5. The third-order valence-corrected chi connectivity index (χ3v) is 2.64. The largest absolute Gasteiger partial charge is 0.319 e. The van der Waals surface area contributed by atoms with E-state index in [1.54, 1.807) is 11.0 Å². The van der Waals surface area contributed by atoms with E-state index in [0.717, 1.165) is 5.56 Å². The van der Waals surface area contributed by atoms with Gasteiger partial charge in [0.15, 0.2) is 11.2 Å². The number of aromatic amines is 1. The minimum atomic E-state index is -0.236. The maximum Gasteiger partial charge on any atom is 0.278 e. The Bertz CT molecular complexity index is 716. The van der Waals surface area contributed by atoms with Gasteiger partial charge in [0, 0.05) is 0 Å². The summed E-state index contributed by atoms with van der Waals surface area (Å²) in [6, 6.07) is 9.97. The second-order valence-corrected chi connectivity index (χ2v) is 3.84. The average Bonchev–Trinajstić information content (AvgIpc) is 2.82. The van der Waals surface area contributed by atoms with Crippen molar-refractivity contribution >= 4 is 11.2 Å². The lowest BCUT2D eigenvalue weighted by atomic mass is 10.2. The van der Waals surface area contributed by atoms with E-state index in [9.17, 15) is 4.79 Å². The van der Waals surface area contributed by atoms with Crippen molar-refractivity contribution in [3.05, 3.63) is 58.9 Å². The van der Waals surface area contributed by atoms with Crippen molar-refractivity contribution in [2.75, 3.05) is 5.43 Å². The van der Waals surface area contributed by atoms with Crippen LogP contribution in [0.5, 0.6) is 0 Å². The van der Waals surface area contributed by atoms with Crippen molar-refractivity contribution in [1.29, 1.82) is 0 Å². The monoisotopic (exact) mass is 241 g/mol. The quantitative estimate of drug-likeness (QED) is 0.713. The van der Waals surface area contributed by atoms with Gasteiger partial charge in [0.25, 0.3) is 5.56 Å². The summed E-state index contributed by atoms with van der Waals surface area (Å²) in [6.45, 7) is 0.640. The second-order valence-electron chi connectivity index (χ2n) is 3.84. The molecule has 0 amide bonds. The zero-order valence-corrected chi connectivity index (χ0v) is 9.50. The van der Waals surface area contributed by atoms with E-state index in [1.165, 1.54) is 6.33 Å². The lowest BCUT2D eigenvalue weighted by Gasteiger charge is -2.07. The Morgan fingerprint density at radius 2 is 2.06 bits per heavy atom. The number of fused-ring (bicyclic) bond motifs is 1. The molecule has 0 aliphatic rings. The van der Waals surface area contributed by atoms with Crippen molar-refractivity contribution in [2.24, 2.45) is 0 Å². The molecule has 2 heterocycles. The van der Waals surface area contributed by atoms with Gasteiger partial charge in [0.1, 0.15) is 6.33 Å². The second kappa shape index (κ2) is 4.33. The third kappa shape index (κ3) is 1.84. The van der Waals surface area contributed by atoms with Crippen molar-refractivity contribution in [1.82, 2.24) is 19.6 Å². The topological polar surface area (TPSA) is 75.6 Å². The number of nitrogens with one attached hydrogen (secondary N) is 2. The predicted molar refractivity (Wildman–Crippen MR) is 67.7 cm³/mol. The molecule has 3 aromatic rings. The molecule has 90 valence electrons. The Hall–Kier alpha value is -2.63. The molecule has 0 saturated heterocycles. The molecule has 0 saturated carbocycles. The molecule has 0 fully saturated rings. The Morgan fingerprint density at radius 1 is 1.22 bits per heavy atom. The number of nitrogens with zero attached hydrogens (tertiary/aromatic N) is 3. The van der Waals surface area contributed by atoms with Crippen LogP contribution in [0.4, 0.5) is 0 Å². The number of aromatic nitrogens is 4. The molecule has 0 radical (unpaired) electrons. The van der Waals surface area contributed by atoms with Gasteiger partial charge in [-0.3, -0.25) is 4.79 Å². The van der Waals surface area contributed by atoms with Crippen LogP contribution < -0.4 is 11.0 Å². The minimum Gasteiger partial charge on any atom is -0.319 e. The Balaban J connectivity index is 1.88. The highest BCUT2D eigenvalue weighted by Gasteiger charge is 2.06. The summed E-state index contributed by atoms with van der Waals surface area (Å²) in [5.41, 5.74) is 4.91. The SMILES string of the molecule is O=c1[nH]cnc2c1ncn2NCc1ccccc1. The fraction of sp³-hybridized carbons (Fsp3) is 0.0833. The number of imidazole rings is 1. The summed E-state index contributed by atoms with van der Waals surface area (Å²) in [5, 5.41) is 0. The number of H-pyrrole nitrogens is 1. The van der Waals surface area contributed by atoms with Crippen molar-refractivity contribution in [3.63, 3.8) is 0 Å². The molecule has 18 heavy (non-hydrogen) atoms. The van der Waals surface area contributed by atoms with Crippen molar-refractivity contribution < 1.29 is 0 Å². The van der Waals surface area contributed by atoms with Crippen LogP contribution in [0.1, 0.15) is 5.56 Å². The van der Waals surface area contributed by atoms with Gasteiger partial charge in [-0.1, -0.05) is 30.3 Å². The molecule has 1 aromatic carbocycles. The smallest absolute Gasteiger partial charge is 0.278 e. The first kappa shape index (κ1) is 10.5. The van der Waals surface area contributed by atoms with E-state index in [4.69, 9.17) is 0 Å². The molecular weight excluding hydrogens is 230 g/mol. The zero-order chi connectivity index (χ0) is 12.4. The summed E-state index contributed by atoms with van der Waals surface area (Å²) in [5.74, 6) is 0. The Morgan fingerprint density at radius 3 is 2.89 bits per heavy atom. The average molecular weight is 241 g/mol. The van der Waals surface area contributed by atoms with Gasteiger partial charge < -0.3 is 10.4 Å². The van der Waals surface area contributed by atoms with Crippen molar-refractivity contribution in [2.45, 2.75) is 6.54 Å². The van der Waals surface area contributed by atoms with E-state index < -0.39 is 0 Å². The summed E-state index contributed by atoms with van der Waals surface area (Å²) in [7, 11) is 0. The first-order chi connectivity index (χ1) is 8.84. The van der Waals surface area contributed by atoms with Gasteiger partial charge in [-0.2, -0.15) is 0 Å². The van der Waals surface area contributed by atoms with Crippen LogP contribution in [-0.2, 0) is 6.54 Å². The molecular formula is C12H11N5O. The van der Waals surface area contributed by atoms with E-state index in [2.05, 4.69) is 20.4 Å². The number of benzene rings is 1. The standard InChI is InChI=1S/C12H11N5O/c18-12-10-11(13-7-14-12)17(8-15-10)16-6-9-4-2-1-3-5-9/h1-5,7-8,16H,6H2,(H,13,14,18). The lowest BCUT2D eigenvalue weighted by Crippen LogP contribution is -2.15. The van der Waals surface area contributed by atoms with Gasteiger partial charge in [-0.25, -0.2) is 14.6 Å². The van der Waals surface area contributed by atoms with Crippen LogP contribution in [0.3, 0.4) is 0 Å². The van der Waals surface area contributed by atoms with Gasteiger partial charge in [-0.15, -0.1) is 0 Å². The van der Waals surface area contributed by atoms with E-state index in [-0.39, 0.29) is 5.56 Å². The molecule has 0 unspecified atom stereocenters. The highest BCUT2D eigenvalue weighted by molar-refractivity contribution is 5.68. The molecule has 2 N–H and O–H groups in total. The highest BCUT2D eigenvalue weighted by Crippen LogP contribution is 2.03. The molecule has 0 aliphatic carbocycles. The Labute approximate surface area is 102 Å². The zero-order valence-electron chi connectivity index (χ0n) is 9.50. The minimum absolute atomic E-state index is 0.236. The molecule has 3 rings (SSSR count). The molecule has 6 nitrogen and oxygen atoms in total. The lowest BCUT2D eigenvalue weighted by molar-refractivity contribution is 0.851. The summed E-state index contributed by atoms with van der Waals surface area (Å²) in [4.78, 5) is 22.1. The van der Waals surface area contributed by atoms with Crippen LogP contribution >= 0.6 is 0 Å². The van der Waals surface area contributed by atoms with Gasteiger partial charge >= 0.3 is 0 Å². The molecule has 0 atom stereocenters. The Kier molecular flexibility index (Phi) is 2.53. The predicted octanol–water partition coefficient (Wildman–Crippen LogP) is 0.863. The first-order valence-corrected chi connectivity index (χ1v) is 5.53. The summed E-state index contributed by atoms with van der Waals surface area (Å²) < 4.78 is 1.65. The van der Waals surface area contributed by atoms with E-state index in [1.807, 2.05) is 30.3 Å². The highest BCUT2D eigenvalue weighted by atomic mass is 16.1. The molecule has 0 bridgehead atoms. The molecule has 6 heteroatoms. The summed E-state index contributed by atoms with van der Waals surface area (Å²) >= 11 is 0. The maximum absolute atomic E-state index is 11.5. The molecule has 2 aromatic heterocycles. The van der Waals surface area contributed by atoms with E-state index >= 15 is 0 Å². The number of hydrogen-bond donors (Lipinski definition) is 2. The van der Waals surface area contributed by atoms with Crippen LogP contribution in [-0.4, -0.2) is 19.6 Å². The van der Waals surface area contributed by atoms with Gasteiger partial charge in [0.05, 0.1) is 12.9 Å². The van der Waals surface area contributed by atoms with Gasteiger partial charge in [-0.05, 0) is 5.56 Å².